The second-order valence-electron chi connectivity index (χ2n) is 4.77. The van der Waals surface area contributed by atoms with Crippen molar-refractivity contribution in [2.45, 2.75) is 19.4 Å². The summed E-state index contributed by atoms with van der Waals surface area (Å²) in [5.41, 5.74) is 2.26. The minimum Gasteiger partial charge on any atom is -0.481 e. The number of rotatable bonds is 2. The van der Waals surface area contributed by atoms with Gasteiger partial charge in [0.05, 0.1) is 17.9 Å². The number of halogens is 1. The van der Waals surface area contributed by atoms with Gasteiger partial charge in [0, 0.05) is 24.2 Å². The largest absolute Gasteiger partial charge is 0.481 e. The number of fused-ring (bicyclic) bond motifs is 1. The second kappa shape index (κ2) is 4.50. The normalized spacial score (nSPS) is 18.1. The highest BCUT2D eigenvalue weighted by molar-refractivity contribution is 5.71. The number of aromatic nitrogens is 2. The summed E-state index contributed by atoms with van der Waals surface area (Å²) >= 11 is 0. The Hall–Kier alpha value is -2.17. The van der Waals surface area contributed by atoms with Gasteiger partial charge in [0.2, 0.25) is 0 Å². The van der Waals surface area contributed by atoms with Crippen molar-refractivity contribution in [1.82, 2.24) is 9.55 Å². The van der Waals surface area contributed by atoms with Crippen LogP contribution in [0.5, 0.6) is 0 Å². The summed E-state index contributed by atoms with van der Waals surface area (Å²) in [5.74, 6) is -1.47. The molecule has 19 heavy (non-hydrogen) atoms. The zero-order chi connectivity index (χ0) is 13.4. The van der Waals surface area contributed by atoms with E-state index in [-0.39, 0.29) is 11.7 Å². The standard InChI is InChI=1S/C14H13FN2O2/c15-11-3-1-2-9(6-11)13-12-7-10(14(18)19)4-5-17(12)8-16-13/h1-3,6,8,10H,4-5,7H2,(H,18,19). The van der Waals surface area contributed by atoms with Crippen LogP contribution in [0.1, 0.15) is 12.1 Å². The molecule has 1 aromatic carbocycles. The van der Waals surface area contributed by atoms with E-state index in [2.05, 4.69) is 4.98 Å². The highest BCUT2D eigenvalue weighted by Crippen LogP contribution is 2.29. The summed E-state index contributed by atoms with van der Waals surface area (Å²) < 4.78 is 15.2. The van der Waals surface area contributed by atoms with Crippen LogP contribution < -0.4 is 0 Å². The average Bonchev–Trinajstić information content (AvgIpc) is 2.81. The predicted octanol–water partition coefficient (Wildman–Crippen LogP) is 2.34. The van der Waals surface area contributed by atoms with Gasteiger partial charge in [-0.1, -0.05) is 12.1 Å². The predicted molar refractivity (Wildman–Crippen MR) is 67.1 cm³/mol. The number of aliphatic carboxylic acids is 1. The number of carboxylic acid groups (broad SMARTS) is 1. The van der Waals surface area contributed by atoms with E-state index in [0.29, 0.717) is 30.6 Å². The molecule has 98 valence electrons. The highest BCUT2D eigenvalue weighted by atomic mass is 19.1. The summed E-state index contributed by atoms with van der Waals surface area (Å²) in [6.07, 6.45) is 2.76. The number of aryl methyl sites for hydroxylation is 1. The van der Waals surface area contributed by atoms with Crippen LogP contribution in [0.4, 0.5) is 4.39 Å². The van der Waals surface area contributed by atoms with Gasteiger partial charge in [0.25, 0.3) is 0 Å². The molecule has 2 heterocycles. The number of nitrogens with zero attached hydrogens (tertiary/aromatic N) is 2. The van der Waals surface area contributed by atoms with Crippen LogP contribution in [0, 0.1) is 11.7 Å². The van der Waals surface area contributed by atoms with Crippen molar-refractivity contribution in [2.75, 3.05) is 0 Å². The summed E-state index contributed by atoms with van der Waals surface area (Å²) in [5, 5.41) is 9.12. The number of carbonyl (C=O) groups is 1. The van der Waals surface area contributed by atoms with Crippen molar-refractivity contribution < 1.29 is 14.3 Å². The lowest BCUT2D eigenvalue weighted by molar-refractivity contribution is -0.142. The molecule has 3 rings (SSSR count). The van der Waals surface area contributed by atoms with Crippen LogP contribution in [0.25, 0.3) is 11.3 Å². The summed E-state index contributed by atoms with van der Waals surface area (Å²) in [6, 6.07) is 6.23. The van der Waals surface area contributed by atoms with Crippen LogP contribution in [0.2, 0.25) is 0 Å². The molecule has 0 spiro atoms. The summed E-state index contributed by atoms with van der Waals surface area (Å²) in [6.45, 7) is 0.647. The molecule has 0 fully saturated rings. The third-order valence-corrected chi connectivity index (χ3v) is 3.55. The van der Waals surface area contributed by atoms with Gasteiger partial charge in [0.15, 0.2) is 0 Å². The Morgan fingerprint density at radius 3 is 3.05 bits per heavy atom. The molecule has 1 aliphatic rings. The van der Waals surface area contributed by atoms with E-state index in [1.807, 2.05) is 4.57 Å². The summed E-state index contributed by atoms with van der Waals surface area (Å²) in [7, 11) is 0. The molecule has 5 heteroatoms. The molecule has 0 saturated heterocycles. The molecule has 0 aliphatic carbocycles. The molecule has 1 aromatic heterocycles. The second-order valence-corrected chi connectivity index (χ2v) is 4.77. The Morgan fingerprint density at radius 2 is 2.32 bits per heavy atom. The Labute approximate surface area is 109 Å². The number of hydrogen-bond donors (Lipinski definition) is 1. The Balaban J connectivity index is 2.01. The average molecular weight is 260 g/mol. The maximum absolute atomic E-state index is 13.3. The minimum atomic E-state index is -0.780. The first-order valence-corrected chi connectivity index (χ1v) is 6.18. The lowest BCUT2D eigenvalue weighted by Crippen LogP contribution is -2.25. The van der Waals surface area contributed by atoms with Crippen LogP contribution in [0.15, 0.2) is 30.6 Å². The molecular weight excluding hydrogens is 247 g/mol. The van der Waals surface area contributed by atoms with Gasteiger partial charge in [-0.2, -0.15) is 0 Å². The summed E-state index contributed by atoms with van der Waals surface area (Å²) in [4.78, 5) is 15.4. The van der Waals surface area contributed by atoms with Crippen LogP contribution in [-0.2, 0) is 17.8 Å². The monoisotopic (exact) mass is 260 g/mol. The van der Waals surface area contributed by atoms with Crippen molar-refractivity contribution in [3.8, 4) is 11.3 Å². The van der Waals surface area contributed by atoms with Crippen molar-refractivity contribution >= 4 is 5.97 Å². The van der Waals surface area contributed by atoms with Gasteiger partial charge in [-0.3, -0.25) is 4.79 Å². The fourth-order valence-electron chi connectivity index (χ4n) is 2.53. The number of imidazole rings is 1. The maximum atomic E-state index is 13.3. The zero-order valence-electron chi connectivity index (χ0n) is 10.2. The van der Waals surface area contributed by atoms with Crippen molar-refractivity contribution in [1.29, 1.82) is 0 Å². The van der Waals surface area contributed by atoms with Gasteiger partial charge in [0.1, 0.15) is 5.82 Å². The zero-order valence-corrected chi connectivity index (χ0v) is 10.2. The Morgan fingerprint density at radius 1 is 1.47 bits per heavy atom. The van der Waals surface area contributed by atoms with E-state index in [1.165, 1.54) is 12.1 Å². The molecule has 0 bridgehead atoms. The topological polar surface area (TPSA) is 55.1 Å². The molecule has 4 nitrogen and oxygen atoms in total. The lowest BCUT2D eigenvalue weighted by atomic mass is 9.94. The molecular formula is C14H13FN2O2. The number of benzene rings is 1. The fraction of sp³-hybridized carbons (Fsp3) is 0.286. The smallest absolute Gasteiger partial charge is 0.306 e. The van der Waals surface area contributed by atoms with Gasteiger partial charge >= 0.3 is 5.97 Å². The number of carboxylic acids is 1. The van der Waals surface area contributed by atoms with Crippen LogP contribution in [-0.4, -0.2) is 20.6 Å². The van der Waals surface area contributed by atoms with Crippen LogP contribution in [0.3, 0.4) is 0 Å². The molecule has 1 unspecified atom stereocenters. The van der Waals surface area contributed by atoms with E-state index in [0.717, 1.165) is 5.69 Å². The van der Waals surface area contributed by atoms with Gasteiger partial charge in [-0.15, -0.1) is 0 Å². The first kappa shape index (κ1) is 11.9. The SMILES string of the molecule is O=C(O)C1CCn2cnc(-c3cccc(F)c3)c2C1. The Bertz CT molecular complexity index is 636. The molecule has 2 aromatic rings. The molecule has 1 atom stereocenters. The van der Waals surface area contributed by atoms with E-state index in [1.54, 1.807) is 18.5 Å². The van der Waals surface area contributed by atoms with E-state index in [4.69, 9.17) is 5.11 Å². The minimum absolute atomic E-state index is 0.315. The molecule has 1 aliphatic heterocycles. The van der Waals surface area contributed by atoms with E-state index in [9.17, 15) is 9.18 Å². The lowest BCUT2D eigenvalue weighted by Gasteiger charge is -2.21. The first-order valence-electron chi connectivity index (χ1n) is 6.18. The quantitative estimate of drug-likeness (QED) is 0.901. The Kier molecular flexibility index (Phi) is 2.81. The van der Waals surface area contributed by atoms with Gasteiger partial charge < -0.3 is 9.67 Å². The highest BCUT2D eigenvalue weighted by Gasteiger charge is 2.27. The molecule has 0 amide bonds. The molecule has 0 radical (unpaired) electrons. The molecule has 0 saturated carbocycles. The van der Waals surface area contributed by atoms with Gasteiger partial charge in [-0.05, 0) is 18.6 Å². The van der Waals surface area contributed by atoms with Crippen molar-refractivity contribution in [3.63, 3.8) is 0 Å². The first-order chi connectivity index (χ1) is 9.15. The van der Waals surface area contributed by atoms with E-state index < -0.39 is 5.97 Å². The maximum Gasteiger partial charge on any atom is 0.306 e. The fourth-order valence-corrected chi connectivity index (χ4v) is 2.53. The number of hydrogen-bond acceptors (Lipinski definition) is 2. The van der Waals surface area contributed by atoms with Gasteiger partial charge in [-0.25, -0.2) is 9.37 Å². The third-order valence-electron chi connectivity index (χ3n) is 3.55. The van der Waals surface area contributed by atoms with Crippen molar-refractivity contribution in [2.24, 2.45) is 5.92 Å². The van der Waals surface area contributed by atoms with Crippen LogP contribution >= 0.6 is 0 Å². The molecule has 1 N–H and O–H groups in total. The van der Waals surface area contributed by atoms with E-state index >= 15 is 0 Å². The van der Waals surface area contributed by atoms with Crippen molar-refractivity contribution in [3.05, 3.63) is 42.1 Å². The third kappa shape index (κ3) is 2.12.